The molecular formula is C25H31FN2O4. The number of amides is 2. The molecule has 6 nitrogen and oxygen atoms in total. The van der Waals surface area contributed by atoms with Crippen LogP contribution in [0.5, 0.6) is 0 Å². The Bertz CT molecular complexity index is 951. The summed E-state index contributed by atoms with van der Waals surface area (Å²) in [6, 6.07) is 11.7. The van der Waals surface area contributed by atoms with Gasteiger partial charge in [-0.05, 0) is 34.2 Å². The minimum absolute atomic E-state index is 0.00299. The fraction of sp³-hybridized carbons (Fsp3) is 0.400. The van der Waals surface area contributed by atoms with Crippen LogP contribution in [0.25, 0.3) is 0 Å². The third-order valence-corrected chi connectivity index (χ3v) is 5.08. The molecular weight excluding hydrogens is 411 g/mol. The van der Waals surface area contributed by atoms with Crippen LogP contribution in [-0.4, -0.2) is 37.0 Å². The van der Waals surface area contributed by atoms with Gasteiger partial charge in [-0.3, -0.25) is 9.59 Å². The van der Waals surface area contributed by atoms with Crippen molar-refractivity contribution in [3.63, 3.8) is 0 Å². The summed E-state index contributed by atoms with van der Waals surface area (Å²) in [5, 5.41) is 5.25. The number of nitrogens with one attached hydrogen (secondary N) is 2. The molecule has 0 aliphatic rings. The van der Waals surface area contributed by atoms with E-state index in [0.29, 0.717) is 5.56 Å². The highest BCUT2D eigenvalue weighted by Crippen LogP contribution is 2.22. The van der Waals surface area contributed by atoms with Crippen molar-refractivity contribution in [2.45, 2.75) is 58.0 Å². The lowest BCUT2D eigenvalue weighted by Crippen LogP contribution is -2.53. The van der Waals surface area contributed by atoms with E-state index in [1.54, 1.807) is 6.07 Å². The summed E-state index contributed by atoms with van der Waals surface area (Å²) in [5.41, 5.74) is 2.55. The second-order valence-corrected chi connectivity index (χ2v) is 8.82. The number of hydrogen-bond donors (Lipinski definition) is 2. The molecule has 0 saturated heterocycles. The van der Waals surface area contributed by atoms with Crippen molar-refractivity contribution in [2.75, 3.05) is 7.11 Å². The summed E-state index contributed by atoms with van der Waals surface area (Å²) >= 11 is 0. The van der Waals surface area contributed by atoms with Crippen molar-refractivity contribution in [3.8, 4) is 0 Å². The highest BCUT2D eigenvalue weighted by molar-refractivity contribution is 5.90. The van der Waals surface area contributed by atoms with E-state index in [1.165, 1.54) is 32.2 Å². The molecule has 2 N–H and O–H groups in total. The van der Waals surface area contributed by atoms with E-state index in [0.717, 1.165) is 11.1 Å². The molecule has 2 atom stereocenters. The molecule has 2 aromatic rings. The summed E-state index contributed by atoms with van der Waals surface area (Å²) < 4.78 is 18.4. The van der Waals surface area contributed by atoms with Gasteiger partial charge in [-0.15, -0.1) is 0 Å². The van der Waals surface area contributed by atoms with Crippen LogP contribution in [0.2, 0.25) is 0 Å². The average Bonchev–Trinajstić information content (AvgIpc) is 2.71. The van der Waals surface area contributed by atoms with E-state index in [1.807, 2.05) is 24.3 Å². The smallest absolute Gasteiger partial charge is 0.328 e. The molecule has 2 aromatic carbocycles. The monoisotopic (exact) mass is 442 g/mol. The van der Waals surface area contributed by atoms with E-state index < -0.39 is 35.7 Å². The second kappa shape index (κ2) is 10.9. The quantitative estimate of drug-likeness (QED) is 0.616. The third kappa shape index (κ3) is 7.48. The van der Waals surface area contributed by atoms with Gasteiger partial charge < -0.3 is 15.4 Å². The molecule has 0 aliphatic heterocycles. The summed E-state index contributed by atoms with van der Waals surface area (Å²) in [6.07, 6.45) is 0.312. The maximum Gasteiger partial charge on any atom is 0.328 e. The van der Waals surface area contributed by atoms with Gasteiger partial charge in [-0.2, -0.15) is 0 Å². The number of methoxy groups -OCH3 is 1. The Morgan fingerprint density at radius 1 is 0.938 bits per heavy atom. The second-order valence-electron chi connectivity index (χ2n) is 8.82. The SMILES string of the molecule is COC(=O)[C@H](Cc1ccc(C(C)(C)C)cc1)NC(=O)[C@@H](Cc1cccc(F)c1)NC(C)=O. The predicted octanol–water partition coefficient (Wildman–Crippen LogP) is 3.07. The lowest BCUT2D eigenvalue weighted by atomic mass is 9.86. The number of carbonyl (C=O) groups excluding carboxylic acids is 3. The Balaban J connectivity index is 2.18. The van der Waals surface area contributed by atoms with E-state index in [-0.39, 0.29) is 18.3 Å². The first-order valence-electron chi connectivity index (χ1n) is 10.5. The number of hydrogen-bond acceptors (Lipinski definition) is 4. The minimum atomic E-state index is -0.968. The van der Waals surface area contributed by atoms with Crippen LogP contribution in [0, 0.1) is 5.82 Å². The fourth-order valence-corrected chi connectivity index (χ4v) is 3.34. The molecule has 0 unspecified atom stereocenters. The van der Waals surface area contributed by atoms with Gasteiger partial charge in [0.25, 0.3) is 0 Å². The first-order valence-corrected chi connectivity index (χ1v) is 10.5. The molecule has 2 rings (SSSR count). The fourth-order valence-electron chi connectivity index (χ4n) is 3.34. The minimum Gasteiger partial charge on any atom is -0.467 e. The summed E-state index contributed by atoms with van der Waals surface area (Å²) in [4.78, 5) is 36.9. The number of ether oxygens (including phenoxy) is 1. The maximum atomic E-state index is 13.5. The Morgan fingerprint density at radius 3 is 2.09 bits per heavy atom. The third-order valence-electron chi connectivity index (χ3n) is 5.08. The van der Waals surface area contributed by atoms with Crippen LogP contribution in [0.4, 0.5) is 4.39 Å². The van der Waals surface area contributed by atoms with E-state index >= 15 is 0 Å². The van der Waals surface area contributed by atoms with Crippen LogP contribution in [-0.2, 0) is 37.4 Å². The Morgan fingerprint density at radius 2 is 1.56 bits per heavy atom. The number of carbonyl (C=O) groups is 3. The molecule has 0 aliphatic carbocycles. The molecule has 0 spiro atoms. The number of halogens is 1. The van der Waals surface area contributed by atoms with Gasteiger partial charge in [0.05, 0.1) is 7.11 Å². The standard InChI is InChI=1S/C25H31FN2O4/c1-16(29)27-21(15-18-7-6-8-20(26)13-18)23(30)28-22(24(31)32-5)14-17-9-11-19(12-10-17)25(2,3)4/h6-13,21-22H,14-15H2,1-5H3,(H,27,29)(H,28,30)/t21-,22+/m1/s1. The first kappa shape index (κ1) is 25.0. The molecule has 32 heavy (non-hydrogen) atoms. The zero-order valence-corrected chi connectivity index (χ0v) is 19.2. The molecule has 0 heterocycles. The van der Waals surface area contributed by atoms with Crippen molar-refractivity contribution in [3.05, 3.63) is 71.0 Å². The molecule has 7 heteroatoms. The van der Waals surface area contributed by atoms with Gasteiger partial charge in [-0.1, -0.05) is 57.2 Å². The van der Waals surface area contributed by atoms with Crippen LogP contribution in [0.15, 0.2) is 48.5 Å². The van der Waals surface area contributed by atoms with Crippen LogP contribution < -0.4 is 10.6 Å². The van der Waals surface area contributed by atoms with Crippen molar-refractivity contribution in [1.82, 2.24) is 10.6 Å². The van der Waals surface area contributed by atoms with E-state index in [2.05, 4.69) is 31.4 Å². The van der Waals surface area contributed by atoms with Crippen LogP contribution >= 0.6 is 0 Å². The zero-order chi connectivity index (χ0) is 23.9. The first-order chi connectivity index (χ1) is 15.0. The summed E-state index contributed by atoms with van der Waals surface area (Å²) in [5.74, 6) is -1.98. The molecule has 0 aromatic heterocycles. The van der Waals surface area contributed by atoms with Crippen molar-refractivity contribution in [2.24, 2.45) is 0 Å². The Hall–Kier alpha value is -3.22. The van der Waals surface area contributed by atoms with Crippen molar-refractivity contribution in [1.29, 1.82) is 0 Å². The lowest BCUT2D eigenvalue weighted by Gasteiger charge is -2.23. The molecule has 172 valence electrons. The number of benzene rings is 2. The largest absolute Gasteiger partial charge is 0.467 e. The average molecular weight is 443 g/mol. The predicted molar refractivity (Wildman–Crippen MR) is 121 cm³/mol. The topological polar surface area (TPSA) is 84.5 Å². The lowest BCUT2D eigenvalue weighted by molar-refractivity contribution is -0.145. The van der Waals surface area contributed by atoms with Crippen LogP contribution in [0.3, 0.4) is 0 Å². The van der Waals surface area contributed by atoms with E-state index in [4.69, 9.17) is 4.74 Å². The highest BCUT2D eigenvalue weighted by atomic mass is 19.1. The number of esters is 1. The maximum absolute atomic E-state index is 13.5. The van der Waals surface area contributed by atoms with Gasteiger partial charge in [0, 0.05) is 19.8 Å². The molecule has 2 amide bonds. The summed E-state index contributed by atoms with van der Waals surface area (Å²) in [7, 11) is 1.25. The molecule has 0 fully saturated rings. The van der Waals surface area contributed by atoms with Crippen LogP contribution in [0.1, 0.15) is 44.4 Å². The van der Waals surface area contributed by atoms with Gasteiger partial charge in [0.1, 0.15) is 17.9 Å². The Labute approximate surface area is 188 Å². The Kier molecular flexibility index (Phi) is 8.52. The normalized spacial score (nSPS) is 13.1. The van der Waals surface area contributed by atoms with E-state index in [9.17, 15) is 18.8 Å². The molecule has 0 bridgehead atoms. The zero-order valence-electron chi connectivity index (χ0n) is 19.2. The van der Waals surface area contributed by atoms with Gasteiger partial charge in [0.2, 0.25) is 11.8 Å². The number of rotatable bonds is 8. The van der Waals surface area contributed by atoms with Crippen molar-refractivity contribution < 1.29 is 23.5 Å². The van der Waals surface area contributed by atoms with Gasteiger partial charge in [0.15, 0.2) is 0 Å². The van der Waals surface area contributed by atoms with Gasteiger partial charge >= 0.3 is 5.97 Å². The highest BCUT2D eigenvalue weighted by Gasteiger charge is 2.27. The summed E-state index contributed by atoms with van der Waals surface area (Å²) in [6.45, 7) is 7.63. The molecule has 0 saturated carbocycles. The molecule has 0 radical (unpaired) electrons. The van der Waals surface area contributed by atoms with Crippen molar-refractivity contribution >= 4 is 17.8 Å². The van der Waals surface area contributed by atoms with Gasteiger partial charge in [-0.25, -0.2) is 9.18 Å².